The van der Waals surface area contributed by atoms with Gasteiger partial charge in [0.1, 0.15) is 24.4 Å². The molecule has 6 heteroatoms. The normalized spacial score (nSPS) is 17.5. The second kappa shape index (κ2) is 7.32. The van der Waals surface area contributed by atoms with Crippen molar-refractivity contribution in [3.8, 4) is 0 Å². The maximum Gasteiger partial charge on any atom is 0.168 e. The molecule has 0 aliphatic carbocycles. The summed E-state index contributed by atoms with van der Waals surface area (Å²) in [6, 6.07) is 8.62. The second-order valence-corrected chi connectivity index (χ2v) is 4.30. The van der Waals surface area contributed by atoms with Crippen molar-refractivity contribution in [2.75, 3.05) is 6.61 Å². The zero-order chi connectivity index (χ0) is 14.4. The van der Waals surface area contributed by atoms with E-state index >= 15 is 0 Å². The molecule has 5 N–H and O–H groups in total. The van der Waals surface area contributed by atoms with Gasteiger partial charge in [-0.3, -0.25) is 4.79 Å². The third-order valence-corrected chi connectivity index (χ3v) is 2.81. The van der Waals surface area contributed by atoms with E-state index in [2.05, 4.69) is 0 Å². The number of hydrogen-bond donors (Lipinski definition) is 5. The summed E-state index contributed by atoms with van der Waals surface area (Å²) in [5, 5.41) is 46.3. The molecule has 6 nitrogen and oxygen atoms in total. The topological polar surface area (TPSA) is 118 Å². The fraction of sp³-hybridized carbons (Fsp3) is 0.462. The van der Waals surface area contributed by atoms with Crippen LogP contribution in [0, 0.1) is 0 Å². The Morgan fingerprint density at radius 2 is 1.58 bits per heavy atom. The van der Waals surface area contributed by atoms with Gasteiger partial charge in [-0.25, -0.2) is 0 Å². The lowest BCUT2D eigenvalue weighted by Crippen LogP contribution is -2.49. The predicted molar refractivity (Wildman–Crippen MR) is 66.3 cm³/mol. The summed E-state index contributed by atoms with van der Waals surface area (Å²) in [5.41, 5.74) is 0.663. The molecule has 0 heterocycles. The molecule has 1 aromatic carbocycles. The summed E-state index contributed by atoms with van der Waals surface area (Å²) < 4.78 is 0. The van der Waals surface area contributed by atoms with E-state index < -0.39 is 36.8 Å². The van der Waals surface area contributed by atoms with Crippen molar-refractivity contribution in [1.29, 1.82) is 0 Å². The van der Waals surface area contributed by atoms with Crippen LogP contribution in [-0.2, 0) is 11.2 Å². The van der Waals surface area contributed by atoms with Crippen LogP contribution in [0.1, 0.15) is 5.56 Å². The number of rotatable bonds is 7. The van der Waals surface area contributed by atoms with Gasteiger partial charge in [0.15, 0.2) is 5.78 Å². The van der Waals surface area contributed by atoms with Crippen molar-refractivity contribution in [2.45, 2.75) is 30.8 Å². The zero-order valence-electron chi connectivity index (χ0n) is 10.3. The highest BCUT2D eigenvalue weighted by atomic mass is 16.4. The minimum Gasteiger partial charge on any atom is -0.394 e. The van der Waals surface area contributed by atoms with Crippen LogP contribution in [0.25, 0.3) is 0 Å². The smallest absolute Gasteiger partial charge is 0.168 e. The molecule has 4 atom stereocenters. The molecule has 0 radical (unpaired) electrons. The standard InChI is InChI=1S/C13H18O6/c14-7-10(16)12(18)13(19)11(17)9(15)6-8-4-2-1-3-5-8/h1-5,10-14,16-19H,6-7H2/t10-,11-,12-,13-/m1/s1. The zero-order valence-corrected chi connectivity index (χ0v) is 10.3. The number of carbonyl (C=O) groups is 1. The molecule has 1 rings (SSSR count). The summed E-state index contributed by atoms with van der Waals surface area (Å²) in [7, 11) is 0. The number of aliphatic hydroxyl groups is 5. The third kappa shape index (κ3) is 4.38. The van der Waals surface area contributed by atoms with Crippen LogP contribution >= 0.6 is 0 Å². The molecule has 0 aromatic heterocycles. The molecule has 0 saturated heterocycles. The predicted octanol–water partition coefficient (Wildman–Crippen LogP) is -1.77. The molecule has 0 fully saturated rings. The van der Waals surface area contributed by atoms with Crippen molar-refractivity contribution >= 4 is 5.78 Å². The first kappa shape index (κ1) is 15.7. The van der Waals surface area contributed by atoms with E-state index in [0.29, 0.717) is 5.56 Å². The lowest BCUT2D eigenvalue weighted by atomic mass is 9.97. The van der Waals surface area contributed by atoms with Crippen LogP contribution in [0.15, 0.2) is 30.3 Å². The van der Waals surface area contributed by atoms with Crippen molar-refractivity contribution < 1.29 is 30.3 Å². The van der Waals surface area contributed by atoms with Crippen LogP contribution in [0.2, 0.25) is 0 Å². The summed E-state index contributed by atoms with van der Waals surface area (Å²) in [4.78, 5) is 11.7. The molecule has 0 amide bonds. The average Bonchev–Trinajstić information content (AvgIpc) is 2.44. The molecule has 0 bridgehead atoms. The first-order valence-electron chi connectivity index (χ1n) is 5.87. The van der Waals surface area contributed by atoms with Crippen molar-refractivity contribution in [1.82, 2.24) is 0 Å². The first-order chi connectivity index (χ1) is 8.97. The Kier molecular flexibility index (Phi) is 6.07. The van der Waals surface area contributed by atoms with E-state index in [0.717, 1.165) is 0 Å². The van der Waals surface area contributed by atoms with E-state index in [1.165, 1.54) is 0 Å². The van der Waals surface area contributed by atoms with Gasteiger partial charge in [-0.05, 0) is 5.56 Å². The SMILES string of the molecule is O=C(Cc1ccccc1)[C@@H](O)[C@@H](O)[C@H](O)[C@H](O)CO. The molecule has 19 heavy (non-hydrogen) atoms. The van der Waals surface area contributed by atoms with Crippen LogP contribution in [0.5, 0.6) is 0 Å². The van der Waals surface area contributed by atoms with Crippen molar-refractivity contribution in [3.05, 3.63) is 35.9 Å². The highest BCUT2D eigenvalue weighted by Crippen LogP contribution is 2.09. The number of benzene rings is 1. The van der Waals surface area contributed by atoms with Gasteiger partial charge in [0.25, 0.3) is 0 Å². The van der Waals surface area contributed by atoms with E-state index in [1.807, 2.05) is 0 Å². The van der Waals surface area contributed by atoms with Gasteiger partial charge >= 0.3 is 0 Å². The van der Waals surface area contributed by atoms with Crippen LogP contribution < -0.4 is 0 Å². The Balaban J connectivity index is 2.61. The third-order valence-electron chi connectivity index (χ3n) is 2.81. The average molecular weight is 270 g/mol. The molecular weight excluding hydrogens is 252 g/mol. The van der Waals surface area contributed by atoms with Gasteiger partial charge in [0, 0.05) is 6.42 Å². The van der Waals surface area contributed by atoms with Gasteiger partial charge < -0.3 is 25.5 Å². The maximum absolute atomic E-state index is 11.7. The largest absolute Gasteiger partial charge is 0.394 e. The van der Waals surface area contributed by atoms with Crippen molar-refractivity contribution in [2.24, 2.45) is 0 Å². The Labute approximate surface area is 110 Å². The molecule has 0 aliphatic heterocycles. The summed E-state index contributed by atoms with van der Waals surface area (Å²) in [5.74, 6) is -0.678. The van der Waals surface area contributed by atoms with Gasteiger partial charge in [-0.1, -0.05) is 30.3 Å². The van der Waals surface area contributed by atoms with Gasteiger partial charge in [-0.15, -0.1) is 0 Å². The first-order valence-corrected chi connectivity index (χ1v) is 5.87. The van der Waals surface area contributed by atoms with Gasteiger partial charge in [0.05, 0.1) is 6.61 Å². The Bertz CT molecular complexity index is 393. The summed E-state index contributed by atoms with van der Waals surface area (Å²) >= 11 is 0. The molecule has 0 aliphatic rings. The number of ketones is 1. The Morgan fingerprint density at radius 3 is 2.11 bits per heavy atom. The molecule has 0 saturated carbocycles. The molecule has 0 unspecified atom stereocenters. The minimum atomic E-state index is -1.85. The fourth-order valence-corrected chi connectivity index (χ4v) is 1.61. The number of hydrogen-bond acceptors (Lipinski definition) is 6. The van der Waals surface area contributed by atoms with Gasteiger partial charge in [0.2, 0.25) is 0 Å². The van der Waals surface area contributed by atoms with E-state index in [4.69, 9.17) is 10.2 Å². The lowest BCUT2D eigenvalue weighted by Gasteiger charge is -2.24. The van der Waals surface area contributed by atoms with E-state index in [9.17, 15) is 20.1 Å². The van der Waals surface area contributed by atoms with Crippen molar-refractivity contribution in [3.63, 3.8) is 0 Å². The number of aliphatic hydroxyl groups excluding tert-OH is 5. The monoisotopic (exact) mass is 270 g/mol. The fourth-order valence-electron chi connectivity index (χ4n) is 1.61. The number of Topliss-reactive ketones (excluding diaryl/α,β-unsaturated/α-hetero) is 1. The minimum absolute atomic E-state index is 0.0962. The lowest BCUT2D eigenvalue weighted by molar-refractivity contribution is -0.146. The van der Waals surface area contributed by atoms with Gasteiger partial charge in [-0.2, -0.15) is 0 Å². The van der Waals surface area contributed by atoms with E-state index in [1.54, 1.807) is 30.3 Å². The summed E-state index contributed by atoms with van der Waals surface area (Å²) in [6.45, 7) is -0.780. The molecule has 1 aromatic rings. The Hall–Kier alpha value is -1.31. The van der Waals surface area contributed by atoms with Crippen LogP contribution in [-0.4, -0.2) is 62.3 Å². The molecular formula is C13H18O6. The van der Waals surface area contributed by atoms with E-state index in [-0.39, 0.29) is 6.42 Å². The number of carbonyl (C=O) groups excluding carboxylic acids is 1. The highest BCUT2D eigenvalue weighted by Gasteiger charge is 2.33. The Morgan fingerprint density at radius 1 is 1.00 bits per heavy atom. The summed E-state index contributed by atoms with van der Waals surface area (Å²) in [6.07, 6.45) is -7.18. The second-order valence-electron chi connectivity index (χ2n) is 4.30. The quantitative estimate of drug-likeness (QED) is 0.400. The molecule has 106 valence electrons. The molecule has 0 spiro atoms. The van der Waals surface area contributed by atoms with Crippen LogP contribution in [0.4, 0.5) is 0 Å². The maximum atomic E-state index is 11.7. The highest BCUT2D eigenvalue weighted by molar-refractivity contribution is 5.85. The van der Waals surface area contributed by atoms with Crippen LogP contribution in [0.3, 0.4) is 0 Å².